The SMILES string of the molecule is CC=C1CCCC1=CC(C#Cc1cc2c(s1)C(=O)c1cc(/C=C/C)sc1C2=O)=C([C]#[Os])[P+](c1ccccc1)(c1ccccc1)c1ccccc1. The average molecular weight is 879 g/mol. The molecule has 2 heterocycles. The van der Waals surface area contributed by atoms with E-state index in [1.807, 2.05) is 31.2 Å². The van der Waals surface area contributed by atoms with Crippen LogP contribution in [0.5, 0.6) is 0 Å². The summed E-state index contributed by atoms with van der Waals surface area (Å²) in [5, 5.41) is 4.77. The summed E-state index contributed by atoms with van der Waals surface area (Å²) in [5.74, 6) is 6.89. The van der Waals surface area contributed by atoms with Crippen LogP contribution in [-0.4, -0.2) is 11.6 Å². The summed E-state index contributed by atoms with van der Waals surface area (Å²) in [5.41, 5.74) is 4.53. The van der Waals surface area contributed by atoms with Gasteiger partial charge in [-0.1, -0.05) is 6.08 Å². The van der Waals surface area contributed by atoms with Crippen LogP contribution < -0.4 is 15.9 Å². The standard InChI is InChI=1S/C44H33O2PS2.Os/c1-4-16-37-28-39-41(45)44-40(42(46)43(39)48-37)29-38(49-44)26-25-32(27-33-18-15-17-31(33)5-2)30(3)47(34-19-9-6-10-20-34,35-21-11-7-12-22-35)36-23-13-8-14-24-36;/h4-14,16,19-24,27-29H,15,17-18H2,1-2H3;/q+1;/b16-4+,31-5?,32-30?,33-27?;. The quantitative estimate of drug-likeness (QED) is 0.123. The number of carbonyl (C=O) groups excluding carboxylic acids is 2. The van der Waals surface area contributed by atoms with Crippen LogP contribution in [0.2, 0.25) is 0 Å². The van der Waals surface area contributed by atoms with Crippen molar-refractivity contribution in [3.05, 3.63) is 174 Å². The maximum absolute atomic E-state index is 13.6. The first-order valence-corrected chi connectivity index (χ1v) is 21.2. The zero-order valence-electron chi connectivity index (χ0n) is 27.7. The van der Waals surface area contributed by atoms with Crippen molar-refractivity contribution in [2.24, 2.45) is 0 Å². The number of hydrogen-bond donors (Lipinski definition) is 0. The predicted octanol–water partition coefficient (Wildman–Crippen LogP) is 9.78. The fourth-order valence-corrected chi connectivity index (χ4v) is 14.6. The van der Waals surface area contributed by atoms with Crippen molar-refractivity contribution in [3.8, 4) is 16.2 Å². The van der Waals surface area contributed by atoms with Crippen molar-refractivity contribution >= 4 is 63.5 Å². The fourth-order valence-electron chi connectivity index (χ4n) is 6.86. The van der Waals surface area contributed by atoms with Crippen LogP contribution in [-0.2, 0) is 17.9 Å². The Labute approximate surface area is 312 Å². The van der Waals surface area contributed by atoms with Gasteiger partial charge in [0.05, 0.1) is 0 Å². The molecule has 0 spiro atoms. The molecule has 7 rings (SSSR count). The number of fused-ring (bicyclic) bond motifs is 2. The zero-order valence-corrected chi connectivity index (χ0v) is 32.7. The maximum atomic E-state index is 13.6. The van der Waals surface area contributed by atoms with E-state index in [1.165, 1.54) is 49.7 Å². The summed E-state index contributed by atoms with van der Waals surface area (Å²) in [6.07, 6.45) is 11.5. The normalized spacial score (nSPS) is 16.2. The van der Waals surface area contributed by atoms with E-state index in [9.17, 15) is 9.59 Å². The van der Waals surface area contributed by atoms with Gasteiger partial charge >= 0.3 is 295 Å². The predicted molar refractivity (Wildman–Crippen MR) is 209 cm³/mol. The molecule has 1 fully saturated rings. The number of carbonyl (C=O) groups is 2. The molecule has 3 aromatic carbocycles. The van der Waals surface area contributed by atoms with Crippen LogP contribution in [0.3, 0.4) is 0 Å². The van der Waals surface area contributed by atoms with Crippen molar-refractivity contribution in [3.63, 3.8) is 0 Å². The van der Waals surface area contributed by atoms with Gasteiger partial charge in [0.25, 0.3) is 0 Å². The molecule has 0 radical (unpaired) electrons. The molecule has 0 saturated heterocycles. The van der Waals surface area contributed by atoms with Crippen LogP contribution in [0.4, 0.5) is 0 Å². The van der Waals surface area contributed by atoms with Crippen LogP contribution >= 0.6 is 29.9 Å². The van der Waals surface area contributed by atoms with E-state index in [0.29, 0.717) is 25.8 Å². The Morgan fingerprint density at radius 1 is 0.740 bits per heavy atom. The van der Waals surface area contributed by atoms with Gasteiger partial charge in [0.1, 0.15) is 0 Å². The van der Waals surface area contributed by atoms with Gasteiger partial charge in [-0.2, -0.15) is 0 Å². The molecule has 0 amide bonds. The molecular weight excluding hydrogens is 846 g/mol. The van der Waals surface area contributed by atoms with Crippen molar-refractivity contribution in [1.82, 2.24) is 0 Å². The topological polar surface area (TPSA) is 34.1 Å². The molecule has 6 heteroatoms. The van der Waals surface area contributed by atoms with Crippen LogP contribution in [0.15, 0.2) is 143 Å². The molecule has 245 valence electrons. The van der Waals surface area contributed by atoms with Gasteiger partial charge in [0, 0.05) is 0 Å². The Hall–Kier alpha value is -4.23. The molecule has 5 aromatic rings. The molecule has 0 atom stereocenters. The molecule has 2 aromatic heterocycles. The molecular formula is C44H33O2OsPS2+. The first-order chi connectivity index (χ1) is 24.5. The van der Waals surface area contributed by atoms with Gasteiger partial charge in [-0.3, -0.25) is 0 Å². The number of allylic oxidation sites excluding steroid dienone is 7. The summed E-state index contributed by atoms with van der Waals surface area (Å²) in [6.45, 7) is 4.05. The summed E-state index contributed by atoms with van der Waals surface area (Å²) in [6, 6.07) is 36.0. The minimum absolute atomic E-state index is 0.0968. The van der Waals surface area contributed by atoms with E-state index in [-0.39, 0.29) is 11.6 Å². The van der Waals surface area contributed by atoms with E-state index in [0.717, 1.165) is 35.0 Å². The molecule has 1 saturated carbocycles. The number of hydrogen-bond acceptors (Lipinski definition) is 4. The number of ketones is 2. The second kappa shape index (κ2) is 14.9. The third-order valence-corrected chi connectivity index (χ3v) is 16.6. The third-order valence-electron chi connectivity index (χ3n) is 9.11. The molecule has 2 aliphatic rings. The molecule has 0 N–H and O–H groups in total. The third kappa shape index (κ3) is 6.18. The van der Waals surface area contributed by atoms with Crippen LogP contribution in [0, 0.1) is 16.2 Å². The second-order valence-corrected chi connectivity index (χ2v) is 18.1. The molecule has 0 aliphatic heterocycles. The monoisotopic (exact) mass is 880 g/mol. The van der Waals surface area contributed by atoms with Crippen LogP contribution in [0.25, 0.3) is 6.08 Å². The van der Waals surface area contributed by atoms with Crippen molar-refractivity contribution in [2.75, 3.05) is 0 Å². The summed E-state index contributed by atoms with van der Waals surface area (Å²) >= 11 is 4.44. The number of benzene rings is 3. The zero-order chi connectivity index (χ0) is 34.7. The van der Waals surface area contributed by atoms with Gasteiger partial charge in [-0.25, -0.2) is 0 Å². The fraction of sp³-hybridized carbons (Fsp3) is 0.114. The Balaban J connectivity index is 1.48. The average Bonchev–Trinajstić information content (AvgIpc) is 3.92. The summed E-state index contributed by atoms with van der Waals surface area (Å²) in [4.78, 5) is 29.9. The Bertz CT molecular complexity index is 2210. The van der Waals surface area contributed by atoms with E-state index in [4.69, 9.17) is 0 Å². The Morgan fingerprint density at radius 2 is 1.28 bits per heavy atom. The van der Waals surface area contributed by atoms with Gasteiger partial charge in [0.15, 0.2) is 0 Å². The summed E-state index contributed by atoms with van der Waals surface area (Å²) in [7, 11) is -2.49. The van der Waals surface area contributed by atoms with E-state index >= 15 is 0 Å². The van der Waals surface area contributed by atoms with Crippen molar-refractivity contribution < 1.29 is 27.5 Å². The van der Waals surface area contributed by atoms with E-state index < -0.39 is 7.26 Å². The van der Waals surface area contributed by atoms with Gasteiger partial charge < -0.3 is 0 Å². The Kier molecular flexibility index (Phi) is 10.2. The van der Waals surface area contributed by atoms with Gasteiger partial charge in [0.2, 0.25) is 0 Å². The molecule has 0 unspecified atom stereocenters. The van der Waals surface area contributed by atoms with Crippen molar-refractivity contribution in [1.29, 1.82) is 0 Å². The van der Waals surface area contributed by atoms with Crippen LogP contribution in [0.1, 0.15) is 73.3 Å². The minimum atomic E-state index is -2.49. The van der Waals surface area contributed by atoms with E-state index in [1.54, 1.807) is 17.9 Å². The molecule has 2 nitrogen and oxygen atoms in total. The first-order valence-electron chi connectivity index (χ1n) is 16.5. The van der Waals surface area contributed by atoms with Gasteiger partial charge in [-0.15, -0.1) is 0 Å². The number of thiophene rings is 2. The first kappa shape index (κ1) is 34.2. The Morgan fingerprint density at radius 3 is 1.82 bits per heavy atom. The number of rotatable bonds is 6. The molecule has 2 aliphatic carbocycles. The van der Waals surface area contributed by atoms with Crippen molar-refractivity contribution in [2.45, 2.75) is 33.1 Å². The second-order valence-electron chi connectivity index (χ2n) is 12.0. The molecule has 0 bridgehead atoms. The van der Waals surface area contributed by atoms with Gasteiger partial charge in [-0.05, 0) is 13.0 Å². The van der Waals surface area contributed by atoms with E-state index in [2.05, 4.69) is 126 Å². The summed E-state index contributed by atoms with van der Waals surface area (Å²) < 4.78 is 3.75. The molecule has 50 heavy (non-hydrogen) atoms.